The van der Waals surface area contributed by atoms with Gasteiger partial charge in [0.1, 0.15) is 22.9 Å². The number of carbonyl (C=O) groups excluding carboxylic acids is 2. The second-order valence-electron chi connectivity index (χ2n) is 9.34. The van der Waals surface area contributed by atoms with E-state index in [1.165, 1.54) is 19.1 Å². The number of hydrogen-bond acceptors (Lipinski definition) is 6. The van der Waals surface area contributed by atoms with E-state index < -0.39 is 41.0 Å². The second kappa shape index (κ2) is 7.59. The number of ether oxygens (including phenoxy) is 3. The minimum atomic E-state index is -2.85. The fraction of sp³-hybridized carbons (Fsp3) is 0.259. The second-order valence-corrected chi connectivity index (χ2v) is 9.34. The van der Waals surface area contributed by atoms with Gasteiger partial charge in [0, 0.05) is 41.8 Å². The Bertz CT molecular complexity index is 1430. The van der Waals surface area contributed by atoms with E-state index in [1.807, 2.05) is 0 Å². The molecule has 184 valence electrons. The van der Waals surface area contributed by atoms with E-state index in [-0.39, 0.29) is 36.0 Å². The maximum atomic E-state index is 13.8. The first-order valence-electron chi connectivity index (χ1n) is 11.6. The molecule has 6 rings (SSSR count). The van der Waals surface area contributed by atoms with Gasteiger partial charge in [0.05, 0.1) is 31.5 Å². The van der Waals surface area contributed by atoms with Crippen molar-refractivity contribution in [1.82, 2.24) is 4.65 Å². The fourth-order valence-corrected chi connectivity index (χ4v) is 5.31. The zero-order valence-corrected chi connectivity index (χ0v) is 19.3. The largest absolute Gasteiger partial charge is 0.627 e. The highest BCUT2D eigenvalue weighted by molar-refractivity contribution is 5.97. The van der Waals surface area contributed by atoms with Crippen molar-refractivity contribution in [2.45, 2.75) is 31.3 Å². The number of benzene rings is 3. The Morgan fingerprint density at radius 3 is 2.36 bits per heavy atom. The molecule has 9 heteroatoms. The van der Waals surface area contributed by atoms with Crippen LogP contribution >= 0.6 is 0 Å². The maximum absolute atomic E-state index is 13.8. The lowest BCUT2D eigenvalue weighted by Gasteiger charge is -2.47. The number of carbonyl (C=O) groups is 2. The van der Waals surface area contributed by atoms with Crippen molar-refractivity contribution in [2.24, 2.45) is 0 Å². The molecule has 36 heavy (non-hydrogen) atoms. The van der Waals surface area contributed by atoms with E-state index >= 15 is 0 Å². The quantitative estimate of drug-likeness (QED) is 0.205. The summed E-state index contributed by atoms with van der Waals surface area (Å²) in [6, 6.07) is 16.6. The average molecular weight is 493 g/mol. The first-order valence-corrected chi connectivity index (χ1v) is 11.6. The Kier molecular flexibility index (Phi) is 4.77. The molecule has 1 unspecified atom stereocenters. The summed E-state index contributed by atoms with van der Waals surface area (Å²) in [5.74, 6) is -3.10. The van der Waals surface area contributed by atoms with E-state index in [0.717, 1.165) is 0 Å². The zero-order valence-electron chi connectivity index (χ0n) is 19.3. The van der Waals surface area contributed by atoms with Crippen LogP contribution < -0.4 is 14.1 Å². The van der Waals surface area contributed by atoms with Crippen LogP contribution in [0.2, 0.25) is 0 Å². The lowest BCUT2D eigenvalue weighted by Crippen LogP contribution is -2.52. The predicted octanol–water partition coefficient (Wildman–Crippen LogP) is 5.41. The normalized spacial score (nSPS) is 22.6. The molecule has 0 aromatic heterocycles. The molecule has 1 atom stereocenters. The van der Waals surface area contributed by atoms with Crippen molar-refractivity contribution in [1.29, 1.82) is 0 Å². The summed E-state index contributed by atoms with van der Waals surface area (Å²) >= 11 is 0. The van der Waals surface area contributed by atoms with Crippen LogP contribution in [0.3, 0.4) is 0 Å². The molecule has 1 saturated heterocycles. The molecule has 0 amide bonds. The van der Waals surface area contributed by atoms with Gasteiger partial charge in [-0.05, 0) is 24.3 Å². The molecule has 3 heterocycles. The Labute approximate surface area is 205 Å². The molecule has 3 aliphatic heterocycles. The van der Waals surface area contributed by atoms with E-state index in [2.05, 4.69) is 0 Å². The van der Waals surface area contributed by atoms with Crippen molar-refractivity contribution >= 4 is 17.6 Å². The first kappa shape index (κ1) is 22.6. The van der Waals surface area contributed by atoms with Crippen LogP contribution in [0.4, 0.5) is 14.5 Å². The summed E-state index contributed by atoms with van der Waals surface area (Å²) in [6.45, 7) is 0.752. The lowest BCUT2D eigenvalue weighted by atomic mass is 9.77. The highest BCUT2D eigenvalue weighted by Crippen LogP contribution is 2.57. The van der Waals surface area contributed by atoms with Gasteiger partial charge in [0.2, 0.25) is 0 Å². The number of alkyl halides is 2. The zero-order chi connectivity index (χ0) is 25.3. The molecule has 0 bridgehead atoms. The van der Waals surface area contributed by atoms with Gasteiger partial charge in [-0.25, -0.2) is 13.6 Å². The topological polar surface area (TPSA) is 84.9 Å². The SMILES string of the molecule is CC(=O)Oc1ccc2c(c1)Oc1cc([N+]3([O-])CCC(F)(F)CC3)ccc1C21OC(=O)c2ccccc21. The van der Waals surface area contributed by atoms with Gasteiger partial charge in [-0.1, -0.05) is 18.2 Å². The molecule has 7 nitrogen and oxygen atoms in total. The molecule has 3 aliphatic rings. The summed E-state index contributed by atoms with van der Waals surface area (Å²) in [4.78, 5) is 24.5. The number of hydrogen-bond donors (Lipinski definition) is 0. The van der Waals surface area contributed by atoms with E-state index in [9.17, 15) is 23.6 Å². The number of quaternary nitrogens is 1. The number of rotatable bonds is 2. The maximum Gasteiger partial charge on any atom is 0.340 e. The number of halogens is 2. The first-order chi connectivity index (χ1) is 17.1. The summed E-state index contributed by atoms with van der Waals surface area (Å²) in [5, 5.41) is 13.5. The number of nitrogens with zero attached hydrogens (tertiary/aromatic N) is 1. The van der Waals surface area contributed by atoms with Crippen LogP contribution in [-0.2, 0) is 15.1 Å². The van der Waals surface area contributed by atoms with Crippen molar-refractivity contribution < 1.29 is 32.6 Å². The molecule has 0 aliphatic carbocycles. The van der Waals surface area contributed by atoms with Crippen molar-refractivity contribution in [3.8, 4) is 17.2 Å². The third-order valence-electron chi connectivity index (χ3n) is 7.08. The van der Waals surface area contributed by atoms with Gasteiger partial charge < -0.3 is 24.1 Å². The van der Waals surface area contributed by atoms with Crippen LogP contribution in [-0.4, -0.2) is 31.0 Å². The van der Waals surface area contributed by atoms with Crippen LogP contribution in [0.5, 0.6) is 17.2 Å². The molecule has 1 spiro atoms. The number of hydroxylamine groups is 2. The Morgan fingerprint density at radius 1 is 0.972 bits per heavy atom. The third-order valence-corrected chi connectivity index (χ3v) is 7.08. The lowest BCUT2D eigenvalue weighted by molar-refractivity contribution is -0.131. The highest BCUT2D eigenvalue weighted by atomic mass is 19.3. The van der Waals surface area contributed by atoms with Gasteiger partial charge in [-0.3, -0.25) is 4.79 Å². The van der Waals surface area contributed by atoms with Crippen molar-refractivity contribution in [3.05, 3.63) is 88.1 Å². The standard InChI is InChI=1S/C27H21F2NO6/c1-16(31)34-18-7-9-22-24(15-18)35-23-14-17(30(33)12-10-26(28,29)11-13-30)6-8-21(23)27(22)20-5-3-2-4-19(20)25(32)36-27/h2-9,14-15H,10-13H2,1H3. The summed E-state index contributed by atoms with van der Waals surface area (Å²) in [5.41, 5.74) is 0.961. The summed E-state index contributed by atoms with van der Waals surface area (Å²) in [7, 11) is 0. The molecule has 3 aromatic carbocycles. The predicted molar refractivity (Wildman–Crippen MR) is 125 cm³/mol. The Balaban J connectivity index is 1.53. The van der Waals surface area contributed by atoms with Gasteiger partial charge in [0.25, 0.3) is 5.92 Å². The smallest absolute Gasteiger partial charge is 0.340 e. The van der Waals surface area contributed by atoms with Gasteiger partial charge in [-0.2, -0.15) is 0 Å². The minimum absolute atomic E-state index is 0.235. The number of fused-ring (bicyclic) bond motifs is 6. The highest BCUT2D eigenvalue weighted by Gasteiger charge is 2.54. The molecule has 3 aromatic rings. The number of piperidine rings is 1. The monoisotopic (exact) mass is 493 g/mol. The molecule has 0 saturated carbocycles. The van der Waals surface area contributed by atoms with Gasteiger partial charge in [0.15, 0.2) is 5.60 Å². The average Bonchev–Trinajstić information content (AvgIpc) is 3.13. The Hall–Kier alpha value is -3.82. The fourth-order valence-electron chi connectivity index (χ4n) is 5.31. The van der Waals surface area contributed by atoms with Gasteiger partial charge >= 0.3 is 11.9 Å². The summed E-state index contributed by atoms with van der Waals surface area (Å²) in [6.07, 6.45) is -1.00. The molecule has 1 fully saturated rings. The van der Waals surface area contributed by atoms with Crippen molar-refractivity contribution in [3.63, 3.8) is 0 Å². The van der Waals surface area contributed by atoms with E-state index in [1.54, 1.807) is 48.5 Å². The number of esters is 2. The van der Waals surface area contributed by atoms with Crippen LogP contribution in [0.1, 0.15) is 46.8 Å². The van der Waals surface area contributed by atoms with Gasteiger partial charge in [-0.15, -0.1) is 0 Å². The van der Waals surface area contributed by atoms with Crippen LogP contribution in [0.15, 0.2) is 60.7 Å². The molecular weight excluding hydrogens is 472 g/mol. The van der Waals surface area contributed by atoms with E-state index in [4.69, 9.17) is 14.2 Å². The minimum Gasteiger partial charge on any atom is -0.627 e. The molecule has 0 radical (unpaired) electrons. The van der Waals surface area contributed by atoms with Crippen molar-refractivity contribution in [2.75, 3.05) is 13.1 Å². The Morgan fingerprint density at radius 2 is 1.64 bits per heavy atom. The third kappa shape index (κ3) is 3.30. The van der Waals surface area contributed by atoms with Crippen LogP contribution in [0.25, 0.3) is 0 Å². The molecule has 0 N–H and O–H groups in total. The molecular formula is C27H21F2NO6. The summed E-state index contributed by atoms with van der Waals surface area (Å²) < 4.78 is 44.0. The van der Waals surface area contributed by atoms with E-state index in [0.29, 0.717) is 22.3 Å². The van der Waals surface area contributed by atoms with Crippen LogP contribution in [0, 0.1) is 5.21 Å².